The van der Waals surface area contributed by atoms with Crippen molar-refractivity contribution in [2.75, 3.05) is 13.1 Å². The Hall–Kier alpha value is -0.0800. The molecule has 0 aromatic rings. The van der Waals surface area contributed by atoms with Crippen LogP contribution in [0.15, 0.2) is 0 Å². The maximum absolute atomic E-state index is 3.75. The van der Waals surface area contributed by atoms with Gasteiger partial charge in [-0.3, -0.25) is 4.90 Å². The minimum Gasteiger partial charge on any atom is -0.311 e. The van der Waals surface area contributed by atoms with Crippen molar-refractivity contribution in [3.05, 3.63) is 0 Å². The van der Waals surface area contributed by atoms with Gasteiger partial charge >= 0.3 is 0 Å². The van der Waals surface area contributed by atoms with Gasteiger partial charge in [-0.15, -0.1) is 0 Å². The summed E-state index contributed by atoms with van der Waals surface area (Å²) in [6.07, 6.45) is 5.49. The molecule has 1 saturated heterocycles. The van der Waals surface area contributed by atoms with E-state index in [4.69, 9.17) is 0 Å². The van der Waals surface area contributed by atoms with Crippen LogP contribution in [0, 0.1) is 5.92 Å². The molecule has 2 aliphatic rings. The Morgan fingerprint density at radius 3 is 2.60 bits per heavy atom. The van der Waals surface area contributed by atoms with Gasteiger partial charge in [0.15, 0.2) is 0 Å². The zero-order valence-corrected chi connectivity index (χ0v) is 10.5. The summed E-state index contributed by atoms with van der Waals surface area (Å²) in [5.74, 6) is 0.995. The summed E-state index contributed by atoms with van der Waals surface area (Å²) < 4.78 is 0. The minimum absolute atomic E-state index is 0.762. The van der Waals surface area contributed by atoms with Gasteiger partial charge in [-0.25, -0.2) is 0 Å². The highest BCUT2D eigenvalue weighted by Gasteiger charge is 2.37. The first kappa shape index (κ1) is 11.4. The van der Waals surface area contributed by atoms with Crippen molar-refractivity contribution < 1.29 is 0 Å². The topological polar surface area (TPSA) is 15.3 Å². The lowest BCUT2D eigenvalue weighted by atomic mass is 10.0. The second kappa shape index (κ2) is 4.84. The van der Waals surface area contributed by atoms with Crippen LogP contribution < -0.4 is 5.32 Å². The molecule has 0 bridgehead atoms. The van der Waals surface area contributed by atoms with Crippen LogP contribution >= 0.6 is 0 Å². The fraction of sp³-hybridized carbons (Fsp3) is 1.00. The molecule has 3 unspecified atom stereocenters. The quantitative estimate of drug-likeness (QED) is 0.765. The van der Waals surface area contributed by atoms with Gasteiger partial charge in [0.1, 0.15) is 0 Å². The first-order valence-electron chi connectivity index (χ1n) is 6.75. The predicted octanol–water partition coefficient (Wildman–Crippen LogP) is 2.25. The lowest BCUT2D eigenvalue weighted by Gasteiger charge is -2.43. The maximum Gasteiger partial charge on any atom is 0.0224 e. The fourth-order valence-corrected chi connectivity index (χ4v) is 2.81. The molecule has 88 valence electrons. The number of piperazine rings is 1. The molecule has 0 radical (unpaired) electrons. The summed E-state index contributed by atoms with van der Waals surface area (Å²) in [6, 6.07) is 2.33. The lowest BCUT2D eigenvalue weighted by molar-refractivity contribution is 0.0787. The number of nitrogens with one attached hydrogen (secondary N) is 1. The molecule has 0 aromatic heterocycles. The van der Waals surface area contributed by atoms with Gasteiger partial charge in [-0.05, 0) is 38.5 Å². The summed E-state index contributed by atoms with van der Waals surface area (Å²) >= 11 is 0. The van der Waals surface area contributed by atoms with Crippen LogP contribution in [0.25, 0.3) is 0 Å². The standard InChI is InChI=1S/C13H26N2/c1-4-10(3)15-9-13(11-6-7-11)14-8-12(15)5-2/h10-14H,4-9H2,1-3H3. The normalized spacial score (nSPS) is 35.4. The number of nitrogens with zero attached hydrogens (tertiary/aromatic N) is 1. The molecular formula is C13H26N2. The van der Waals surface area contributed by atoms with Crippen LogP contribution in [-0.4, -0.2) is 36.1 Å². The molecule has 2 fully saturated rings. The molecule has 2 rings (SSSR count). The van der Waals surface area contributed by atoms with Crippen LogP contribution in [0.2, 0.25) is 0 Å². The Balaban J connectivity index is 1.94. The minimum atomic E-state index is 0.762. The Morgan fingerprint density at radius 1 is 1.33 bits per heavy atom. The highest BCUT2D eigenvalue weighted by Crippen LogP contribution is 2.34. The van der Waals surface area contributed by atoms with Crippen LogP contribution in [0.4, 0.5) is 0 Å². The SMILES string of the molecule is CCC(C)N1CC(C2CC2)NCC1CC. The average molecular weight is 210 g/mol. The van der Waals surface area contributed by atoms with E-state index in [2.05, 4.69) is 31.0 Å². The van der Waals surface area contributed by atoms with Crippen molar-refractivity contribution in [1.82, 2.24) is 10.2 Å². The number of hydrogen-bond donors (Lipinski definition) is 1. The average Bonchev–Trinajstić information content (AvgIpc) is 3.11. The van der Waals surface area contributed by atoms with E-state index in [1.54, 1.807) is 0 Å². The second-order valence-corrected chi connectivity index (χ2v) is 5.37. The largest absolute Gasteiger partial charge is 0.311 e. The molecule has 3 atom stereocenters. The summed E-state index contributed by atoms with van der Waals surface area (Å²) in [7, 11) is 0. The van der Waals surface area contributed by atoms with Gasteiger partial charge in [0.2, 0.25) is 0 Å². The van der Waals surface area contributed by atoms with Gasteiger partial charge in [0.25, 0.3) is 0 Å². The fourth-order valence-electron chi connectivity index (χ4n) is 2.81. The van der Waals surface area contributed by atoms with Crippen LogP contribution in [0.5, 0.6) is 0 Å². The third-order valence-electron chi connectivity index (χ3n) is 4.31. The van der Waals surface area contributed by atoms with Gasteiger partial charge in [0.05, 0.1) is 0 Å². The summed E-state index contributed by atoms with van der Waals surface area (Å²) in [6.45, 7) is 9.52. The first-order chi connectivity index (χ1) is 7.26. The monoisotopic (exact) mass is 210 g/mol. The molecule has 1 saturated carbocycles. The van der Waals surface area contributed by atoms with E-state index < -0.39 is 0 Å². The molecule has 0 spiro atoms. The predicted molar refractivity (Wildman–Crippen MR) is 65.1 cm³/mol. The van der Waals surface area contributed by atoms with Gasteiger partial charge in [-0.1, -0.05) is 13.8 Å². The van der Waals surface area contributed by atoms with Crippen LogP contribution in [0.1, 0.15) is 46.5 Å². The van der Waals surface area contributed by atoms with Crippen LogP contribution in [0.3, 0.4) is 0 Å². The zero-order chi connectivity index (χ0) is 10.8. The van der Waals surface area contributed by atoms with Gasteiger partial charge in [0, 0.05) is 31.2 Å². The molecule has 1 N–H and O–H groups in total. The highest BCUT2D eigenvalue weighted by atomic mass is 15.3. The number of hydrogen-bond acceptors (Lipinski definition) is 2. The first-order valence-corrected chi connectivity index (χ1v) is 6.75. The van der Waals surface area contributed by atoms with Crippen molar-refractivity contribution in [2.24, 2.45) is 5.92 Å². The van der Waals surface area contributed by atoms with Crippen molar-refractivity contribution in [2.45, 2.75) is 64.6 Å². The van der Waals surface area contributed by atoms with E-state index in [0.717, 1.165) is 24.0 Å². The molecule has 15 heavy (non-hydrogen) atoms. The van der Waals surface area contributed by atoms with E-state index in [-0.39, 0.29) is 0 Å². The molecule has 1 aliphatic heterocycles. The third kappa shape index (κ3) is 2.54. The third-order valence-corrected chi connectivity index (χ3v) is 4.31. The summed E-state index contributed by atoms with van der Waals surface area (Å²) in [5, 5.41) is 3.75. The van der Waals surface area contributed by atoms with Crippen LogP contribution in [-0.2, 0) is 0 Å². The van der Waals surface area contributed by atoms with Gasteiger partial charge in [-0.2, -0.15) is 0 Å². The molecule has 1 heterocycles. The summed E-state index contributed by atoms with van der Waals surface area (Å²) in [4.78, 5) is 2.75. The van der Waals surface area contributed by atoms with E-state index >= 15 is 0 Å². The van der Waals surface area contributed by atoms with Crippen molar-refractivity contribution >= 4 is 0 Å². The van der Waals surface area contributed by atoms with Crippen molar-refractivity contribution in [3.63, 3.8) is 0 Å². The highest BCUT2D eigenvalue weighted by molar-refractivity contribution is 4.95. The Morgan fingerprint density at radius 2 is 2.07 bits per heavy atom. The van der Waals surface area contributed by atoms with Crippen molar-refractivity contribution in [1.29, 1.82) is 0 Å². The Kier molecular flexibility index (Phi) is 3.68. The number of rotatable bonds is 4. The van der Waals surface area contributed by atoms with Crippen molar-refractivity contribution in [3.8, 4) is 0 Å². The Bertz CT molecular complexity index is 201. The zero-order valence-electron chi connectivity index (χ0n) is 10.5. The second-order valence-electron chi connectivity index (χ2n) is 5.37. The Labute approximate surface area is 94.4 Å². The maximum atomic E-state index is 3.75. The summed E-state index contributed by atoms with van der Waals surface area (Å²) in [5.41, 5.74) is 0. The molecule has 0 aromatic carbocycles. The van der Waals surface area contributed by atoms with E-state index in [9.17, 15) is 0 Å². The van der Waals surface area contributed by atoms with E-state index in [1.807, 2.05) is 0 Å². The lowest BCUT2D eigenvalue weighted by Crippen LogP contribution is -2.59. The molecule has 2 nitrogen and oxygen atoms in total. The van der Waals surface area contributed by atoms with E-state index in [1.165, 1.54) is 38.8 Å². The molecule has 0 amide bonds. The smallest absolute Gasteiger partial charge is 0.0224 e. The molecule has 1 aliphatic carbocycles. The van der Waals surface area contributed by atoms with E-state index in [0.29, 0.717) is 0 Å². The van der Waals surface area contributed by atoms with Gasteiger partial charge < -0.3 is 5.32 Å². The molecule has 2 heteroatoms. The molecular weight excluding hydrogens is 184 g/mol.